The minimum Gasteiger partial charge on any atom is -0.394 e. The molecule has 7 atom stereocenters. The predicted octanol–water partition coefficient (Wildman–Crippen LogP) is 4.17. The molecule has 0 aromatic heterocycles. The van der Waals surface area contributed by atoms with Gasteiger partial charge in [-0.1, -0.05) is 56.3 Å². The third-order valence-electron chi connectivity index (χ3n) is 9.77. The monoisotopic (exact) mass is 573 g/mol. The van der Waals surface area contributed by atoms with Crippen molar-refractivity contribution < 1.29 is 24.2 Å². The lowest BCUT2D eigenvalue weighted by molar-refractivity contribution is -0.153. The highest BCUT2D eigenvalue weighted by molar-refractivity contribution is 6.06. The lowest BCUT2D eigenvalue weighted by Crippen LogP contribution is -2.58. The van der Waals surface area contributed by atoms with E-state index in [0.717, 1.165) is 17.2 Å². The van der Waals surface area contributed by atoms with Gasteiger partial charge in [0.05, 0.1) is 30.1 Å². The quantitative estimate of drug-likeness (QED) is 0.408. The molecule has 2 aromatic carbocycles. The van der Waals surface area contributed by atoms with Crippen LogP contribution in [0.1, 0.15) is 40.5 Å². The molecule has 42 heavy (non-hydrogen) atoms. The molecule has 224 valence electrons. The molecule has 2 aromatic rings. The van der Waals surface area contributed by atoms with Gasteiger partial charge < -0.3 is 24.5 Å². The van der Waals surface area contributed by atoms with E-state index in [-0.39, 0.29) is 36.8 Å². The highest BCUT2D eigenvalue weighted by Gasteiger charge is 2.80. The smallest absolute Gasteiger partial charge is 0.253 e. The van der Waals surface area contributed by atoms with Crippen molar-refractivity contribution in [2.75, 3.05) is 31.1 Å². The van der Waals surface area contributed by atoms with Gasteiger partial charge in [0.1, 0.15) is 11.6 Å². The molecule has 8 heteroatoms. The van der Waals surface area contributed by atoms with Crippen LogP contribution in [-0.2, 0) is 19.1 Å². The lowest BCUT2D eigenvalue weighted by Gasteiger charge is -2.39. The molecule has 0 aliphatic carbocycles. The SMILES string of the molecule is C=CCN(CCC)C(=O)[C@@H]1[C@H]2C(=O)N([C@H](C)CO)C(C(=O)N(CC=C)c3ccc4ccccc4c3)C23CC(C)[C@@]1(C)O3. The summed E-state index contributed by atoms with van der Waals surface area (Å²) in [4.78, 5) is 48.4. The minimum absolute atomic E-state index is 0.0732. The van der Waals surface area contributed by atoms with Crippen LogP contribution in [0.25, 0.3) is 10.8 Å². The Labute approximate surface area is 248 Å². The van der Waals surface area contributed by atoms with Crippen LogP contribution in [0, 0.1) is 17.8 Å². The van der Waals surface area contributed by atoms with Crippen LogP contribution in [0.4, 0.5) is 5.69 Å². The fraction of sp³-hybridized carbons (Fsp3) is 0.500. The van der Waals surface area contributed by atoms with E-state index in [4.69, 9.17) is 4.74 Å². The van der Waals surface area contributed by atoms with Crippen LogP contribution in [0.3, 0.4) is 0 Å². The van der Waals surface area contributed by atoms with E-state index in [2.05, 4.69) is 13.2 Å². The van der Waals surface area contributed by atoms with E-state index in [9.17, 15) is 19.5 Å². The number of carbonyl (C=O) groups is 3. The molecule has 3 fully saturated rings. The molecule has 3 aliphatic rings. The first-order valence-electron chi connectivity index (χ1n) is 15.0. The second kappa shape index (κ2) is 11.3. The number of aliphatic hydroxyl groups is 1. The van der Waals surface area contributed by atoms with Gasteiger partial charge in [-0.2, -0.15) is 0 Å². The molecule has 3 unspecified atom stereocenters. The second-order valence-corrected chi connectivity index (χ2v) is 12.3. The molecule has 3 saturated heterocycles. The van der Waals surface area contributed by atoms with Gasteiger partial charge in [-0.25, -0.2) is 0 Å². The largest absolute Gasteiger partial charge is 0.394 e. The minimum atomic E-state index is -1.20. The zero-order chi connectivity index (χ0) is 30.4. The number of benzene rings is 2. The summed E-state index contributed by atoms with van der Waals surface area (Å²) in [5.41, 5.74) is -1.43. The van der Waals surface area contributed by atoms with Crippen molar-refractivity contribution in [2.45, 2.75) is 63.8 Å². The Morgan fingerprint density at radius 1 is 1.14 bits per heavy atom. The average Bonchev–Trinajstić information content (AvgIpc) is 3.50. The van der Waals surface area contributed by atoms with Gasteiger partial charge in [0, 0.05) is 25.3 Å². The summed E-state index contributed by atoms with van der Waals surface area (Å²) < 4.78 is 6.90. The van der Waals surface area contributed by atoms with Crippen molar-refractivity contribution in [3.8, 4) is 0 Å². The van der Waals surface area contributed by atoms with Crippen molar-refractivity contribution in [3.63, 3.8) is 0 Å². The number of hydrogen-bond donors (Lipinski definition) is 1. The first kappa shape index (κ1) is 30.0. The standard InChI is InChI=1S/C34H43N3O5/c1-7-16-35(17-8-2)30(39)27-28-31(40)37(23(5)21-38)29(34(28)20-22(4)33(27,6)42-34)32(41)36(18-9-3)26-15-14-24-12-10-11-13-25(24)19-26/h7,9-15,19,22-23,27-29,38H,1,3,8,16-18,20-21H2,2,4-6H3/t22?,23-,27+,28+,29?,33-,34?/m1/s1. The first-order chi connectivity index (χ1) is 20.1. The maximum absolute atomic E-state index is 14.8. The molecule has 8 nitrogen and oxygen atoms in total. The van der Waals surface area contributed by atoms with E-state index in [1.54, 1.807) is 28.9 Å². The highest BCUT2D eigenvalue weighted by Crippen LogP contribution is 2.65. The summed E-state index contributed by atoms with van der Waals surface area (Å²) >= 11 is 0. The van der Waals surface area contributed by atoms with Gasteiger partial charge in [0.2, 0.25) is 11.8 Å². The maximum atomic E-state index is 14.8. The number of fused-ring (bicyclic) bond motifs is 2. The second-order valence-electron chi connectivity index (χ2n) is 12.3. The van der Waals surface area contributed by atoms with Crippen LogP contribution in [0.2, 0.25) is 0 Å². The normalized spacial score (nSPS) is 30.3. The fourth-order valence-electron chi connectivity index (χ4n) is 7.75. The molecular weight excluding hydrogens is 530 g/mol. The number of likely N-dealkylation sites (tertiary alicyclic amines) is 1. The van der Waals surface area contributed by atoms with Gasteiger partial charge >= 0.3 is 0 Å². The van der Waals surface area contributed by atoms with E-state index in [0.29, 0.717) is 25.2 Å². The van der Waals surface area contributed by atoms with E-state index >= 15 is 0 Å². The third kappa shape index (κ3) is 4.38. The number of hydrogen-bond acceptors (Lipinski definition) is 5. The van der Waals surface area contributed by atoms with Gasteiger partial charge in [-0.05, 0) is 55.5 Å². The molecule has 5 rings (SSSR count). The number of rotatable bonds is 11. The Morgan fingerprint density at radius 2 is 1.83 bits per heavy atom. The van der Waals surface area contributed by atoms with Crippen LogP contribution < -0.4 is 4.90 Å². The zero-order valence-electron chi connectivity index (χ0n) is 25.2. The number of carbonyl (C=O) groups excluding carboxylic acids is 3. The molecule has 0 saturated carbocycles. The molecule has 2 bridgehead atoms. The predicted molar refractivity (Wildman–Crippen MR) is 164 cm³/mol. The van der Waals surface area contributed by atoms with E-state index < -0.39 is 35.1 Å². The van der Waals surface area contributed by atoms with Crippen LogP contribution in [0.15, 0.2) is 67.8 Å². The van der Waals surface area contributed by atoms with Crippen molar-refractivity contribution in [2.24, 2.45) is 17.8 Å². The fourth-order valence-corrected chi connectivity index (χ4v) is 7.75. The third-order valence-corrected chi connectivity index (χ3v) is 9.77. The average molecular weight is 574 g/mol. The maximum Gasteiger partial charge on any atom is 0.253 e. The lowest BCUT2D eigenvalue weighted by atomic mass is 9.62. The zero-order valence-corrected chi connectivity index (χ0v) is 25.2. The van der Waals surface area contributed by atoms with E-state index in [1.165, 1.54) is 4.90 Å². The van der Waals surface area contributed by atoms with Crippen LogP contribution >= 0.6 is 0 Å². The van der Waals surface area contributed by atoms with Gasteiger partial charge in [-0.3, -0.25) is 14.4 Å². The summed E-state index contributed by atoms with van der Waals surface area (Å²) in [6.07, 6.45) is 4.59. The summed E-state index contributed by atoms with van der Waals surface area (Å²) in [6, 6.07) is 12.1. The van der Waals surface area contributed by atoms with E-state index in [1.807, 2.05) is 63.2 Å². The number of nitrogens with zero attached hydrogens (tertiary/aromatic N) is 3. The number of amides is 3. The Kier molecular flexibility index (Phi) is 8.07. The number of anilines is 1. The summed E-state index contributed by atoms with van der Waals surface area (Å²) in [5.74, 6) is -2.41. The molecule has 3 heterocycles. The molecular formula is C34H43N3O5. The van der Waals surface area contributed by atoms with Crippen molar-refractivity contribution in [1.82, 2.24) is 9.80 Å². The van der Waals surface area contributed by atoms with Gasteiger partial charge in [0.15, 0.2) is 0 Å². The number of aliphatic hydroxyl groups excluding tert-OH is 1. The summed E-state index contributed by atoms with van der Waals surface area (Å²) in [6.45, 7) is 16.3. The first-order valence-corrected chi connectivity index (χ1v) is 15.0. The van der Waals surface area contributed by atoms with Gasteiger partial charge in [0.25, 0.3) is 5.91 Å². The van der Waals surface area contributed by atoms with Crippen molar-refractivity contribution in [3.05, 3.63) is 67.8 Å². The Hall–Kier alpha value is -3.49. The molecule has 3 aliphatic heterocycles. The Balaban J connectivity index is 1.63. The highest BCUT2D eigenvalue weighted by atomic mass is 16.5. The molecule has 1 N–H and O–H groups in total. The Bertz CT molecular complexity index is 1410. The summed E-state index contributed by atoms with van der Waals surface area (Å²) in [5, 5.41) is 12.3. The van der Waals surface area contributed by atoms with Crippen molar-refractivity contribution >= 4 is 34.2 Å². The molecule has 0 radical (unpaired) electrons. The topological polar surface area (TPSA) is 90.4 Å². The number of ether oxygens (including phenoxy) is 1. The van der Waals surface area contributed by atoms with Gasteiger partial charge in [-0.15, -0.1) is 13.2 Å². The Morgan fingerprint density at radius 3 is 2.48 bits per heavy atom. The van der Waals surface area contributed by atoms with Crippen LogP contribution in [-0.4, -0.2) is 82.2 Å². The molecule has 1 spiro atoms. The molecule has 3 amide bonds. The summed E-state index contributed by atoms with van der Waals surface area (Å²) in [7, 11) is 0. The van der Waals surface area contributed by atoms with Crippen LogP contribution in [0.5, 0.6) is 0 Å². The van der Waals surface area contributed by atoms with Crippen molar-refractivity contribution in [1.29, 1.82) is 0 Å².